The standard InChI is InChI=1S/C12H6Br2FNO3/c13-6-1-2-10(9(14)3-6)19-11-8(12(17)18)4-7(15)5-16-11/h1-5H,(H,17,18). The summed E-state index contributed by atoms with van der Waals surface area (Å²) in [5, 5.41) is 8.98. The second-order valence-corrected chi connectivity index (χ2v) is 5.26. The van der Waals surface area contributed by atoms with Gasteiger partial charge in [-0.2, -0.15) is 0 Å². The summed E-state index contributed by atoms with van der Waals surface area (Å²) in [5.74, 6) is -1.84. The fourth-order valence-electron chi connectivity index (χ4n) is 1.32. The van der Waals surface area contributed by atoms with Crippen LogP contribution in [0.3, 0.4) is 0 Å². The Morgan fingerprint density at radius 1 is 1.32 bits per heavy atom. The Balaban J connectivity index is 2.40. The molecule has 0 saturated heterocycles. The van der Waals surface area contributed by atoms with Crippen molar-refractivity contribution in [2.45, 2.75) is 0 Å². The van der Waals surface area contributed by atoms with Gasteiger partial charge in [-0.3, -0.25) is 0 Å². The van der Waals surface area contributed by atoms with Gasteiger partial charge in [0.15, 0.2) is 0 Å². The van der Waals surface area contributed by atoms with Crippen molar-refractivity contribution in [2.75, 3.05) is 0 Å². The zero-order valence-electron chi connectivity index (χ0n) is 9.23. The molecule has 0 bridgehead atoms. The number of pyridine rings is 1. The van der Waals surface area contributed by atoms with Gasteiger partial charge < -0.3 is 9.84 Å². The van der Waals surface area contributed by atoms with Crippen LogP contribution in [-0.2, 0) is 0 Å². The van der Waals surface area contributed by atoms with Crippen LogP contribution in [0.15, 0.2) is 39.4 Å². The summed E-state index contributed by atoms with van der Waals surface area (Å²) in [6.45, 7) is 0. The molecule has 7 heteroatoms. The Morgan fingerprint density at radius 2 is 2.05 bits per heavy atom. The molecule has 2 rings (SSSR count). The lowest BCUT2D eigenvalue weighted by atomic mass is 10.2. The zero-order valence-corrected chi connectivity index (χ0v) is 12.4. The fraction of sp³-hybridized carbons (Fsp3) is 0. The van der Waals surface area contributed by atoms with E-state index >= 15 is 0 Å². The van der Waals surface area contributed by atoms with Crippen molar-refractivity contribution >= 4 is 37.8 Å². The number of benzene rings is 1. The van der Waals surface area contributed by atoms with Gasteiger partial charge in [0.05, 0.1) is 10.7 Å². The molecule has 0 unspecified atom stereocenters. The number of carbonyl (C=O) groups is 1. The molecule has 2 aromatic rings. The molecule has 0 saturated carbocycles. The molecule has 1 aromatic carbocycles. The number of carboxylic acids is 1. The predicted molar refractivity (Wildman–Crippen MR) is 73.1 cm³/mol. The van der Waals surface area contributed by atoms with Gasteiger partial charge in [-0.05, 0) is 40.2 Å². The maximum atomic E-state index is 13.0. The minimum atomic E-state index is -1.31. The van der Waals surface area contributed by atoms with Crippen molar-refractivity contribution in [3.63, 3.8) is 0 Å². The van der Waals surface area contributed by atoms with Gasteiger partial charge in [-0.1, -0.05) is 15.9 Å². The van der Waals surface area contributed by atoms with Gasteiger partial charge in [0, 0.05) is 4.47 Å². The molecular weight excluding hydrogens is 385 g/mol. The fourth-order valence-corrected chi connectivity index (χ4v) is 2.45. The van der Waals surface area contributed by atoms with Gasteiger partial charge in [0.2, 0.25) is 5.88 Å². The van der Waals surface area contributed by atoms with Crippen LogP contribution in [-0.4, -0.2) is 16.1 Å². The van der Waals surface area contributed by atoms with E-state index < -0.39 is 11.8 Å². The highest BCUT2D eigenvalue weighted by Crippen LogP contribution is 2.32. The summed E-state index contributed by atoms with van der Waals surface area (Å²) >= 11 is 6.56. The quantitative estimate of drug-likeness (QED) is 0.851. The molecule has 98 valence electrons. The summed E-state index contributed by atoms with van der Waals surface area (Å²) in [4.78, 5) is 14.6. The summed E-state index contributed by atoms with van der Waals surface area (Å²) < 4.78 is 19.8. The first-order chi connectivity index (χ1) is 8.97. The minimum Gasteiger partial charge on any atom is -0.477 e. The van der Waals surface area contributed by atoms with E-state index in [1.54, 1.807) is 18.2 Å². The molecule has 19 heavy (non-hydrogen) atoms. The highest BCUT2D eigenvalue weighted by molar-refractivity contribution is 9.11. The molecule has 1 heterocycles. The van der Waals surface area contributed by atoms with Crippen LogP contribution < -0.4 is 4.74 Å². The Labute approximate surface area is 124 Å². The lowest BCUT2D eigenvalue weighted by Gasteiger charge is -2.09. The molecule has 0 spiro atoms. The lowest BCUT2D eigenvalue weighted by Crippen LogP contribution is -2.03. The van der Waals surface area contributed by atoms with Crippen molar-refractivity contribution in [3.05, 3.63) is 50.8 Å². The number of nitrogens with zero attached hydrogens (tertiary/aromatic N) is 1. The number of ether oxygens (including phenoxy) is 1. The number of hydrogen-bond donors (Lipinski definition) is 1. The third kappa shape index (κ3) is 3.30. The van der Waals surface area contributed by atoms with E-state index in [4.69, 9.17) is 9.84 Å². The van der Waals surface area contributed by atoms with E-state index in [2.05, 4.69) is 36.8 Å². The van der Waals surface area contributed by atoms with Gasteiger partial charge in [0.25, 0.3) is 0 Å². The first kappa shape index (κ1) is 14.0. The summed E-state index contributed by atoms with van der Waals surface area (Å²) in [6, 6.07) is 5.95. The van der Waals surface area contributed by atoms with Gasteiger partial charge in [-0.15, -0.1) is 0 Å². The van der Waals surface area contributed by atoms with E-state index in [0.717, 1.165) is 16.7 Å². The minimum absolute atomic E-state index is 0.170. The van der Waals surface area contributed by atoms with Crippen LogP contribution in [0.5, 0.6) is 11.6 Å². The van der Waals surface area contributed by atoms with Crippen molar-refractivity contribution in [1.29, 1.82) is 0 Å². The van der Waals surface area contributed by atoms with Crippen LogP contribution in [0.1, 0.15) is 10.4 Å². The average Bonchev–Trinajstić information content (AvgIpc) is 2.34. The molecule has 0 atom stereocenters. The van der Waals surface area contributed by atoms with E-state index in [9.17, 15) is 9.18 Å². The van der Waals surface area contributed by atoms with E-state index in [0.29, 0.717) is 10.2 Å². The van der Waals surface area contributed by atoms with E-state index in [1.165, 1.54) is 0 Å². The Kier molecular flexibility index (Phi) is 4.16. The summed E-state index contributed by atoms with van der Waals surface area (Å²) in [6.07, 6.45) is 0.897. The molecule has 0 aliphatic rings. The molecule has 1 aromatic heterocycles. The predicted octanol–water partition coefficient (Wildman–Crippen LogP) is 4.24. The van der Waals surface area contributed by atoms with Crippen molar-refractivity contribution in [1.82, 2.24) is 4.98 Å². The average molecular weight is 391 g/mol. The Morgan fingerprint density at radius 3 is 2.68 bits per heavy atom. The SMILES string of the molecule is O=C(O)c1cc(F)cnc1Oc1ccc(Br)cc1Br. The van der Waals surface area contributed by atoms with Crippen molar-refractivity contribution in [3.8, 4) is 11.6 Å². The van der Waals surface area contributed by atoms with E-state index in [-0.39, 0.29) is 11.4 Å². The van der Waals surface area contributed by atoms with Gasteiger partial charge in [0.1, 0.15) is 17.1 Å². The maximum Gasteiger partial charge on any atom is 0.341 e. The third-order valence-corrected chi connectivity index (χ3v) is 3.26. The second kappa shape index (κ2) is 5.66. The third-order valence-electron chi connectivity index (χ3n) is 2.15. The smallest absolute Gasteiger partial charge is 0.341 e. The van der Waals surface area contributed by atoms with Crippen LogP contribution in [0.4, 0.5) is 4.39 Å². The lowest BCUT2D eigenvalue weighted by molar-refractivity contribution is 0.0692. The number of halogens is 3. The molecule has 0 aliphatic carbocycles. The first-order valence-corrected chi connectivity index (χ1v) is 6.57. The molecule has 0 aliphatic heterocycles. The molecule has 0 fully saturated rings. The van der Waals surface area contributed by atoms with Gasteiger partial charge in [-0.25, -0.2) is 14.2 Å². The van der Waals surface area contributed by atoms with Crippen LogP contribution in [0.2, 0.25) is 0 Å². The second-order valence-electron chi connectivity index (χ2n) is 3.49. The van der Waals surface area contributed by atoms with Gasteiger partial charge >= 0.3 is 5.97 Å². The van der Waals surface area contributed by atoms with Crippen molar-refractivity contribution in [2.24, 2.45) is 0 Å². The van der Waals surface area contributed by atoms with Crippen LogP contribution in [0.25, 0.3) is 0 Å². The van der Waals surface area contributed by atoms with Crippen molar-refractivity contribution < 1.29 is 19.0 Å². The number of hydrogen-bond acceptors (Lipinski definition) is 3. The number of carboxylic acid groups (broad SMARTS) is 1. The topological polar surface area (TPSA) is 59.4 Å². The number of aromatic carboxylic acids is 1. The molecule has 0 radical (unpaired) electrons. The molecule has 1 N–H and O–H groups in total. The largest absolute Gasteiger partial charge is 0.477 e. The summed E-state index contributed by atoms with van der Waals surface area (Å²) in [5.41, 5.74) is -0.338. The monoisotopic (exact) mass is 389 g/mol. The Bertz CT molecular complexity index is 649. The van der Waals surface area contributed by atoms with E-state index in [1.807, 2.05) is 0 Å². The normalized spacial score (nSPS) is 10.3. The van der Waals surface area contributed by atoms with Crippen LogP contribution >= 0.6 is 31.9 Å². The molecule has 4 nitrogen and oxygen atoms in total. The molecule has 0 amide bonds. The Hall–Kier alpha value is -1.47. The number of rotatable bonds is 3. The molecular formula is C12H6Br2FNO3. The number of aromatic nitrogens is 1. The van der Waals surface area contributed by atoms with Crippen LogP contribution in [0, 0.1) is 5.82 Å². The first-order valence-electron chi connectivity index (χ1n) is 4.99. The summed E-state index contributed by atoms with van der Waals surface area (Å²) in [7, 11) is 0. The highest BCUT2D eigenvalue weighted by Gasteiger charge is 2.16. The highest BCUT2D eigenvalue weighted by atomic mass is 79.9. The zero-order chi connectivity index (χ0) is 14.0. The maximum absolute atomic E-state index is 13.0.